The lowest BCUT2D eigenvalue weighted by atomic mass is 10.1. The van der Waals surface area contributed by atoms with E-state index < -0.39 is 23.8 Å². The maximum Gasteiger partial charge on any atom is 0.231 e. The molecule has 1 aliphatic rings. The number of β-amino-alcohol motifs (C(OH)–C–C–N with tert-alkyl or cyclic N) is 1. The van der Waals surface area contributed by atoms with Gasteiger partial charge in [-0.3, -0.25) is 34.0 Å². The molecule has 30 heavy (non-hydrogen) atoms. The molecule has 7 N–H and O–H groups in total. The van der Waals surface area contributed by atoms with Gasteiger partial charge in [0.15, 0.2) is 0 Å². The average Bonchev–Trinajstić information content (AvgIpc) is 2.62. The molecule has 0 bridgehead atoms. The highest BCUT2D eigenvalue weighted by Crippen LogP contribution is 2.06. The van der Waals surface area contributed by atoms with Crippen LogP contribution in [0.5, 0.6) is 0 Å². The van der Waals surface area contributed by atoms with Crippen LogP contribution in [0.2, 0.25) is 0 Å². The first-order chi connectivity index (χ1) is 14.1. The molecular weight excluding hydrogens is 390 g/mol. The number of nitrogens with zero attached hydrogens (tertiary/aromatic N) is 4. The summed E-state index contributed by atoms with van der Waals surface area (Å²) in [6, 6.07) is 0. The third-order valence-corrected chi connectivity index (χ3v) is 5.28. The first-order valence-electron chi connectivity index (χ1n) is 10.5. The largest absolute Gasteiger partial charge is 0.392 e. The highest BCUT2D eigenvalue weighted by Gasteiger charge is 2.21. The molecule has 0 spiro atoms. The van der Waals surface area contributed by atoms with E-state index in [4.69, 9.17) is 17.2 Å². The SMILES string of the molecule is CC(C)C(O)CN1CCN(CC(N)=O)CCN(CC(N)=O)CCN(CC(N)=O)CC1. The normalized spacial score (nSPS) is 20.4. The first kappa shape index (κ1) is 26.2. The smallest absolute Gasteiger partial charge is 0.231 e. The van der Waals surface area contributed by atoms with Gasteiger partial charge in [0.1, 0.15) is 0 Å². The maximum absolute atomic E-state index is 11.5. The average molecular weight is 430 g/mol. The molecule has 1 rings (SSSR count). The van der Waals surface area contributed by atoms with Crippen molar-refractivity contribution >= 4 is 17.7 Å². The maximum atomic E-state index is 11.5. The molecule has 3 amide bonds. The second-order valence-corrected chi connectivity index (χ2v) is 8.34. The monoisotopic (exact) mass is 429 g/mol. The topological polar surface area (TPSA) is 162 Å². The van der Waals surface area contributed by atoms with Gasteiger partial charge >= 0.3 is 0 Å². The molecule has 0 aromatic heterocycles. The van der Waals surface area contributed by atoms with E-state index in [1.807, 2.05) is 28.5 Å². The number of aliphatic hydroxyl groups excluding tert-OH is 1. The van der Waals surface area contributed by atoms with Crippen molar-refractivity contribution in [3.8, 4) is 0 Å². The fourth-order valence-electron chi connectivity index (χ4n) is 3.37. The van der Waals surface area contributed by atoms with E-state index in [1.165, 1.54) is 0 Å². The quantitative estimate of drug-likeness (QED) is 0.296. The minimum absolute atomic E-state index is 0.0987. The van der Waals surface area contributed by atoms with Crippen molar-refractivity contribution in [1.82, 2.24) is 19.6 Å². The van der Waals surface area contributed by atoms with Gasteiger partial charge in [-0.1, -0.05) is 13.8 Å². The highest BCUT2D eigenvalue weighted by atomic mass is 16.3. The number of hydrogen-bond acceptors (Lipinski definition) is 8. The van der Waals surface area contributed by atoms with Gasteiger partial charge in [-0.05, 0) is 5.92 Å². The minimum atomic E-state index is -0.474. The minimum Gasteiger partial charge on any atom is -0.392 e. The van der Waals surface area contributed by atoms with Crippen molar-refractivity contribution in [2.24, 2.45) is 23.1 Å². The zero-order valence-corrected chi connectivity index (χ0v) is 18.3. The summed E-state index contributed by atoms with van der Waals surface area (Å²) in [4.78, 5) is 42.4. The predicted octanol–water partition coefficient (Wildman–Crippen LogP) is -3.32. The van der Waals surface area contributed by atoms with Crippen LogP contribution >= 0.6 is 0 Å². The molecule has 1 saturated heterocycles. The van der Waals surface area contributed by atoms with Crippen molar-refractivity contribution in [2.45, 2.75) is 20.0 Å². The Hall–Kier alpha value is -1.79. The molecule has 1 atom stereocenters. The van der Waals surface area contributed by atoms with Crippen molar-refractivity contribution in [1.29, 1.82) is 0 Å². The Bertz CT molecular complexity index is 529. The number of primary amides is 3. The van der Waals surface area contributed by atoms with E-state index in [0.29, 0.717) is 58.9 Å². The lowest BCUT2D eigenvalue weighted by Crippen LogP contribution is -2.50. The van der Waals surface area contributed by atoms with Crippen molar-refractivity contribution in [3.05, 3.63) is 0 Å². The summed E-state index contributed by atoms with van der Waals surface area (Å²) in [5.74, 6) is -1.13. The summed E-state index contributed by atoms with van der Waals surface area (Å²) in [6.45, 7) is 9.40. The summed E-state index contributed by atoms with van der Waals surface area (Å²) < 4.78 is 0. The number of amides is 3. The zero-order valence-electron chi connectivity index (χ0n) is 18.3. The molecule has 1 heterocycles. The first-order valence-corrected chi connectivity index (χ1v) is 10.5. The van der Waals surface area contributed by atoms with Gasteiger partial charge in [0.2, 0.25) is 17.7 Å². The number of carbonyl (C=O) groups excluding carboxylic acids is 3. The van der Waals surface area contributed by atoms with Crippen LogP contribution in [0.3, 0.4) is 0 Å². The molecule has 174 valence electrons. The van der Waals surface area contributed by atoms with E-state index in [9.17, 15) is 19.5 Å². The van der Waals surface area contributed by atoms with Gasteiger partial charge < -0.3 is 22.3 Å². The Balaban J connectivity index is 2.94. The van der Waals surface area contributed by atoms with Crippen LogP contribution in [0.1, 0.15) is 13.8 Å². The summed E-state index contributed by atoms with van der Waals surface area (Å²) in [5.41, 5.74) is 16.2. The molecule has 0 saturated carbocycles. The highest BCUT2D eigenvalue weighted by molar-refractivity contribution is 5.76. The van der Waals surface area contributed by atoms with Gasteiger partial charge in [-0.2, -0.15) is 0 Å². The van der Waals surface area contributed by atoms with Crippen LogP contribution in [0, 0.1) is 5.92 Å². The number of carbonyl (C=O) groups is 3. The van der Waals surface area contributed by atoms with E-state index in [1.54, 1.807) is 0 Å². The number of rotatable bonds is 9. The van der Waals surface area contributed by atoms with Crippen LogP contribution in [0.15, 0.2) is 0 Å². The van der Waals surface area contributed by atoms with Gasteiger partial charge in [-0.15, -0.1) is 0 Å². The summed E-state index contributed by atoms with van der Waals surface area (Å²) in [7, 11) is 0. The molecule has 11 heteroatoms. The standard InChI is InChI=1S/C19H39N7O4/c1-15(2)16(27)11-23-3-5-24(12-17(20)28)7-9-26(14-19(22)30)10-8-25(6-4-23)13-18(21)29/h15-16,27H,3-14H2,1-2H3,(H2,20,28)(H2,21,29)(H2,22,30). The molecule has 0 aromatic carbocycles. The molecule has 1 fully saturated rings. The lowest BCUT2D eigenvalue weighted by molar-refractivity contribution is -0.121. The van der Waals surface area contributed by atoms with E-state index in [-0.39, 0.29) is 25.6 Å². The zero-order chi connectivity index (χ0) is 22.7. The van der Waals surface area contributed by atoms with Crippen LogP contribution < -0.4 is 17.2 Å². The molecule has 0 radical (unpaired) electrons. The number of aliphatic hydroxyl groups is 1. The second kappa shape index (κ2) is 13.5. The third kappa shape index (κ3) is 11.4. The van der Waals surface area contributed by atoms with Crippen molar-refractivity contribution in [2.75, 3.05) is 78.5 Å². The molecule has 11 nitrogen and oxygen atoms in total. The van der Waals surface area contributed by atoms with Gasteiger partial charge in [0, 0.05) is 58.9 Å². The molecule has 1 aliphatic heterocycles. The Morgan fingerprint density at radius 2 is 0.933 bits per heavy atom. The molecule has 1 unspecified atom stereocenters. The molecule has 0 aliphatic carbocycles. The summed E-state index contributed by atoms with van der Waals surface area (Å²) >= 11 is 0. The molecular formula is C19H39N7O4. The van der Waals surface area contributed by atoms with Crippen LogP contribution in [0.4, 0.5) is 0 Å². The van der Waals surface area contributed by atoms with Crippen LogP contribution in [-0.2, 0) is 14.4 Å². The number of nitrogens with two attached hydrogens (primary N) is 3. The summed E-state index contributed by atoms with van der Waals surface area (Å²) in [5, 5.41) is 10.3. The third-order valence-electron chi connectivity index (χ3n) is 5.28. The number of hydrogen-bond donors (Lipinski definition) is 4. The summed E-state index contributed by atoms with van der Waals surface area (Å²) in [6.07, 6.45) is -0.474. The van der Waals surface area contributed by atoms with E-state index >= 15 is 0 Å². The molecule has 0 aromatic rings. The van der Waals surface area contributed by atoms with Crippen LogP contribution in [0.25, 0.3) is 0 Å². The van der Waals surface area contributed by atoms with E-state index in [0.717, 1.165) is 0 Å². The fraction of sp³-hybridized carbons (Fsp3) is 0.842. The van der Waals surface area contributed by atoms with Gasteiger partial charge in [0.05, 0.1) is 25.7 Å². The second-order valence-electron chi connectivity index (χ2n) is 8.34. The van der Waals surface area contributed by atoms with Gasteiger partial charge in [-0.25, -0.2) is 0 Å². The Morgan fingerprint density at radius 1 is 0.667 bits per heavy atom. The Kier molecular flexibility index (Phi) is 11.8. The van der Waals surface area contributed by atoms with Gasteiger partial charge in [0.25, 0.3) is 0 Å². The Labute approximate surface area is 179 Å². The van der Waals surface area contributed by atoms with E-state index in [2.05, 4.69) is 4.90 Å². The predicted molar refractivity (Wildman–Crippen MR) is 114 cm³/mol. The Morgan fingerprint density at radius 3 is 1.17 bits per heavy atom. The van der Waals surface area contributed by atoms with Crippen molar-refractivity contribution in [3.63, 3.8) is 0 Å². The lowest BCUT2D eigenvalue weighted by Gasteiger charge is -2.34. The fourth-order valence-corrected chi connectivity index (χ4v) is 3.37. The van der Waals surface area contributed by atoms with Crippen LogP contribution in [-0.4, -0.2) is 127 Å². The van der Waals surface area contributed by atoms with Crippen molar-refractivity contribution < 1.29 is 19.5 Å².